The van der Waals surface area contributed by atoms with E-state index in [9.17, 15) is 10.1 Å². The Labute approximate surface area is 173 Å². The third kappa shape index (κ3) is 3.09. The van der Waals surface area contributed by atoms with Gasteiger partial charge in [-0.25, -0.2) is 4.52 Å². The Balaban J connectivity index is 1.37. The highest BCUT2D eigenvalue weighted by atomic mass is 16.5. The smallest absolute Gasteiger partial charge is 0.227 e. The minimum absolute atomic E-state index is 0.114. The SMILES string of the molecule is COc1cc(-c2cnn([C@H]3CCN(C(=O)[C@@H]4CCNC4)C3)c2)cn2ncc(C#N)c12. The van der Waals surface area contributed by atoms with Gasteiger partial charge in [0.25, 0.3) is 0 Å². The lowest BCUT2D eigenvalue weighted by atomic mass is 10.1. The summed E-state index contributed by atoms with van der Waals surface area (Å²) in [5.74, 6) is 0.970. The molecule has 0 spiro atoms. The molecule has 2 fully saturated rings. The van der Waals surface area contributed by atoms with E-state index < -0.39 is 0 Å². The van der Waals surface area contributed by atoms with Crippen LogP contribution in [-0.4, -0.2) is 63.5 Å². The molecule has 9 heteroatoms. The van der Waals surface area contributed by atoms with Crippen LogP contribution in [0.15, 0.2) is 30.9 Å². The van der Waals surface area contributed by atoms with Crippen molar-refractivity contribution in [1.82, 2.24) is 29.6 Å². The van der Waals surface area contributed by atoms with Crippen LogP contribution in [0.5, 0.6) is 5.75 Å². The van der Waals surface area contributed by atoms with Gasteiger partial charge in [0.1, 0.15) is 22.9 Å². The van der Waals surface area contributed by atoms with Crippen molar-refractivity contribution in [3.8, 4) is 22.9 Å². The number of nitrogens with zero attached hydrogens (tertiary/aromatic N) is 6. The van der Waals surface area contributed by atoms with Gasteiger partial charge in [0.05, 0.1) is 31.5 Å². The maximum absolute atomic E-state index is 12.7. The Hall–Kier alpha value is -3.38. The zero-order valence-electron chi connectivity index (χ0n) is 16.8. The van der Waals surface area contributed by atoms with Crippen molar-refractivity contribution in [2.24, 2.45) is 5.92 Å². The molecule has 30 heavy (non-hydrogen) atoms. The van der Waals surface area contributed by atoms with Gasteiger partial charge in [-0.2, -0.15) is 15.5 Å². The van der Waals surface area contributed by atoms with Gasteiger partial charge in [-0.3, -0.25) is 9.48 Å². The van der Waals surface area contributed by atoms with E-state index in [4.69, 9.17) is 4.74 Å². The van der Waals surface area contributed by atoms with Crippen molar-refractivity contribution in [2.45, 2.75) is 18.9 Å². The first kappa shape index (κ1) is 18.6. The van der Waals surface area contributed by atoms with Crippen LogP contribution in [0.25, 0.3) is 16.6 Å². The Kier molecular flexibility index (Phi) is 4.64. The largest absolute Gasteiger partial charge is 0.494 e. The summed E-state index contributed by atoms with van der Waals surface area (Å²) in [6, 6.07) is 4.22. The predicted molar refractivity (Wildman–Crippen MR) is 109 cm³/mol. The highest BCUT2D eigenvalue weighted by molar-refractivity contribution is 5.79. The van der Waals surface area contributed by atoms with Crippen LogP contribution in [0.3, 0.4) is 0 Å². The van der Waals surface area contributed by atoms with Crippen LogP contribution in [-0.2, 0) is 4.79 Å². The monoisotopic (exact) mass is 405 g/mol. The zero-order valence-corrected chi connectivity index (χ0v) is 16.8. The number of amides is 1. The van der Waals surface area contributed by atoms with Gasteiger partial charge in [0.2, 0.25) is 5.91 Å². The van der Waals surface area contributed by atoms with Crippen LogP contribution in [0.1, 0.15) is 24.4 Å². The van der Waals surface area contributed by atoms with Gasteiger partial charge in [0.15, 0.2) is 0 Å². The molecule has 3 aromatic heterocycles. The molecule has 0 saturated carbocycles. The summed E-state index contributed by atoms with van der Waals surface area (Å²) in [4.78, 5) is 14.7. The maximum atomic E-state index is 12.7. The topological polar surface area (TPSA) is 100 Å². The zero-order chi connectivity index (χ0) is 20.7. The summed E-state index contributed by atoms with van der Waals surface area (Å²) in [5, 5.41) is 21.4. The number of methoxy groups -OCH3 is 1. The number of nitrogens with one attached hydrogen (secondary N) is 1. The van der Waals surface area contributed by atoms with Crippen molar-refractivity contribution in [2.75, 3.05) is 33.3 Å². The van der Waals surface area contributed by atoms with Gasteiger partial charge in [-0.15, -0.1) is 0 Å². The lowest BCUT2D eigenvalue weighted by Gasteiger charge is -2.20. The predicted octanol–water partition coefficient (Wildman–Crippen LogP) is 1.46. The number of carbonyl (C=O) groups is 1. The van der Waals surface area contributed by atoms with E-state index in [-0.39, 0.29) is 17.9 Å². The minimum atomic E-state index is 0.114. The van der Waals surface area contributed by atoms with Crippen molar-refractivity contribution in [1.29, 1.82) is 5.26 Å². The van der Waals surface area contributed by atoms with Crippen LogP contribution in [0, 0.1) is 17.2 Å². The highest BCUT2D eigenvalue weighted by Gasteiger charge is 2.33. The number of hydrogen-bond donors (Lipinski definition) is 1. The van der Waals surface area contributed by atoms with E-state index >= 15 is 0 Å². The summed E-state index contributed by atoms with van der Waals surface area (Å²) in [6.45, 7) is 3.19. The lowest BCUT2D eigenvalue weighted by Crippen LogP contribution is -2.35. The van der Waals surface area contributed by atoms with E-state index in [0.29, 0.717) is 23.4 Å². The average molecular weight is 405 g/mol. The van der Waals surface area contributed by atoms with Crippen LogP contribution in [0.2, 0.25) is 0 Å². The van der Waals surface area contributed by atoms with Gasteiger partial charge in [-0.05, 0) is 25.5 Å². The first-order valence-electron chi connectivity index (χ1n) is 10.2. The van der Waals surface area contributed by atoms with Gasteiger partial charge in [0, 0.05) is 43.2 Å². The van der Waals surface area contributed by atoms with Gasteiger partial charge >= 0.3 is 0 Å². The molecular formula is C21H23N7O2. The first-order chi connectivity index (χ1) is 14.7. The molecule has 2 atom stereocenters. The van der Waals surface area contributed by atoms with Crippen molar-refractivity contribution in [3.05, 3.63) is 36.4 Å². The summed E-state index contributed by atoms with van der Waals surface area (Å²) in [7, 11) is 1.58. The second-order valence-corrected chi connectivity index (χ2v) is 7.89. The number of pyridine rings is 1. The molecule has 1 N–H and O–H groups in total. The summed E-state index contributed by atoms with van der Waals surface area (Å²) < 4.78 is 9.11. The molecule has 154 valence electrons. The fraction of sp³-hybridized carbons (Fsp3) is 0.429. The quantitative estimate of drug-likeness (QED) is 0.705. The molecule has 0 aromatic carbocycles. The number of ether oxygens (including phenoxy) is 1. The number of aromatic nitrogens is 4. The molecular weight excluding hydrogens is 382 g/mol. The maximum Gasteiger partial charge on any atom is 0.227 e. The van der Waals surface area contributed by atoms with Gasteiger partial charge in [-0.1, -0.05) is 0 Å². The molecule has 3 aromatic rings. The summed E-state index contributed by atoms with van der Waals surface area (Å²) in [6.07, 6.45) is 9.07. The van der Waals surface area contributed by atoms with Crippen LogP contribution >= 0.6 is 0 Å². The molecule has 5 rings (SSSR count). The number of carbonyl (C=O) groups excluding carboxylic acids is 1. The third-order valence-electron chi connectivity index (χ3n) is 6.11. The van der Waals surface area contributed by atoms with E-state index in [0.717, 1.165) is 43.6 Å². The highest BCUT2D eigenvalue weighted by Crippen LogP contribution is 2.31. The van der Waals surface area contributed by atoms with E-state index in [1.54, 1.807) is 11.6 Å². The van der Waals surface area contributed by atoms with Gasteiger partial charge < -0.3 is 15.0 Å². The molecule has 0 aliphatic carbocycles. The van der Waals surface area contributed by atoms with E-state index in [1.165, 1.54) is 6.20 Å². The van der Waals surface area contributed by atoms with E-state index in [1.807, 2.05) is 34.2 Å². The molecule has 0 unspecified atom stereocenters. The molecule has 0 radical (unpaired) electrons. The van der Waals surface area contributed by atoms with Crippen LogP contribution < -0.4 is 10.1 Å². The Bertz CT molecular complexity index is 1140. The number of rotatable bonds is 4. The normalized spacial score (nSPS) is 21.3. The second-order valence-electron chi connectivity index (χ2n) is 7.89. The Morgan fingerprint density at radius 3 is 2.93 bits per heavy atom. The number of nitriles is 1. The van der Waals surface area contributed by atoms with Crippen molar-refractivity contribution < 1.29 is 9.53 Å². The molecule has 0 bridgehead atoms. The van der Waals surface area contributed by atoms with E-state index in [2.05, 4.69) is 21.6 Å². The van der Waals surface area contributed by atoms with Crippen molar-refractivity contribution in [3.63, 3.8) is 0 Å². The molecule has 9 nitrogen and oxygen atoms in total. The minimum Gasteiger partial charge on any atom is -0.494 e. The Morgan fingerprint density at radius 1 is 1.27 bits per heavy atom. The fourth-order valence-electron chi connectivity index (χ4n) is 4.45. The number of likely N-dealkylation sites (tertiary alicyclic amines) is 1. The third-order valence-corrected chi connectivity index (χ3v) is 6.11. The Morgan fingerprint density at radius 2 is 2.17 bits per heavy atom. The number of hydrogen-bond acceptors (Lipinski definition) is 6. The molecule has 1 amide bonds. The number of fused-ring (bicyclic) bond motifs is 1. The summed E-state index contributed by atoms with van der Waals surface area (Å²) >= 11 is 0. The second kappa shape index (κ2) is 7.46. The first-order valence-corrected chi connectivity index (χ1v) is 10.2. The molecule has 2 saturated heterocycles. The van der Waals surface area contributed by atoms with Crippen molar-refractivity contribution >= 4 is 11.4 Å². The average Bonchev–Trinajstić information content (AvgIpc) is 3.56. The molecule has 2 aliphatic heterocycles. The van der Waals surface area contributed by atoms with Crippen LogP contribution in [0.4, 0.5) is 0 Å². The standard InChI is InChI=1S/C21H23N7O2/c1-30-19-6-15(11-28-20(19)16(7-22)9-25-28)17-10-24-27(12-17)18-3-5-26(13-18)21(29)14-2-4-23-8-14/h6,9-12,14,18,23H,2-5,8,13H2,1H3/t14-,18+/m1/s1. The fourth-order valence-corrected chi connectivity index (χ4v) is 4.45. The lowest BCUT2D eigenvalue weighted by molar-refractivity contribution is -0.133. The molecule has 5 heterocycles. The molecule has 2 aliphatic rings. The summed E-state index contributed by atoms with van der Waals surface area (Å²) in [5.41, 5.74) is 2.97.